The van der Waals surface area contributed by atoms with E-state index < -0.39 is 17.3 Å². The third-order valence-electron chi connectivity index (χ3n) is 9.76. The van der Waals surface area contributed by atoms with E-state index >= 15 is 0 Å². The van der Waals surface area contributed by atoms with Crippen LogP contribution in [0.1, 0.15) is 52.3 Å². The maximum absolute atomic E-state index is 10.8. The number of piperidine rings is 1. The minimum Gasteiger partial charge on any atom is -0.872 e. The van der Waals surface area contributed by atoms with Crippen LogP contribution >= 0.6 is 0 Å². The number of benzene rings is 3. The molecule has 3 N–H and O–H groups in total. The number of aromatic carboxylic acids is 1. The van der Waals surface area contributed by atoms with E-state index in [-0.39, 0.29) is 28.9 Å². The van der Waals surface area contributed by atoms with Gasteiger partial charge in [-0.15, -0.1) is 0 Å². The minimum atomic E-state index is -1.18. The summed E-state index contributed by atoms with van der Waals surface area (Å²) in [5.74, 6) is 0.141. The second-order valence-corrected chi connectivity index (χ2v) is 11.6. The first kappa shape index (κ1) is 26.6. The first-order chi connectivity index (χ1) is 20.4. The lowest BCUT2D eigenvalue weighted by Gasteiger charge is -2.62. The van der Waals surface area contributed by atoms with Gasteiger partial charge in [-0.3, -0.25) is 0 Å². The van der Waals surface area contributed by atoms with Crippen molar-refractivity contribution in [3.05, 3.63) is 101 Å². The Morgan fingerprint density at radius 1 is 1.19 bits per heavy atom. The number of quaternary nitrogens is 1. The molecule has 8 rings (SSSR count). The van der Waals surface area contributed by atoms with Crippen LogP contribution in [-0.4, -0.2) is 47.5 Å². The Morgan fingerprint density at radius 3 is 2.71 bits per heavy atom. The Kier molecular flexibility index (Phi) is 6.11. The summed E-state index contributed by atoms with van der Waals surface area (Å²) < 4.78 is 20.1. The monoisotopic (exact) mass is 567 g/mol. The Labute approximate surface area is 243 Å². The van der Waals surface area contributed by atoms with Gasteiger partial charge in [0.25, 0.3) is 0 Å². The van der Waals surface area contributed by atoms with E-state index in [4.69, 9.17) is 19.0 Å². The van der Waals surface area contributed by atoms with Crippen LogP contribution in [0.2, 0.25) is 0 Å². The van der Waals surface area contributed by atoms with Crippen molar-refractivity contribution >= 4 is 16.9 Å². The molecule has 1 aromatic heterocycles. The third-order valence-corrected chi connectivity index (χ3v) is 9.76. The largest absolute Gasteiger partial charge is 0.872 e. The number of para-hydroxylation sites is 2. The molecule has 216 valence electrons. The van der Waals surface area contributed by atoms with Gasteiger partial charge in [0.05, 0.1) is 24.1 Å². The normalized spacial score (nSPS) is 27.7. The number of rotatable bonds is 5. The summed E-state index contributed by atoms with van der Waals surface area (Å²) >= 11 is 0. The molecule has 3 heterocycles. The SMILES string of the molecule is C=CC[NH+]1CC[C@]23c4c5ccc(O)c4O[C@H]2c2oc4ccccc4c2C[C@@]3(OCC)[C@H]1C5.O=C(O)c1ccccc1[O-]. The van der Waals surface area contributed by atoms with Crippen molar-refractivity contribution in [3.8, 4) is 17.2 Å². The quantitative estimate of drug-likeness (QED) is 0.315. The van der Waals surface area contributed by atoms with Crippen molar-refractivity contribution in [2.75, 3.05) is 19.7 Å². The number of aromatic hydroxyl groups is 1. The van der Waals surface area contributed by atoms with E-state index in [1.54, 1.807) is 6.07 Å². The Bertz CT molecular complexity index is 1730. The van der Waals surface area contributed by atoms with Crippen molar-refractivity contribution in [2.24, 2.45) is 0 Å². The highest BCUT2D eigenvalue weighted by Gasteiger charge is 2.76. The molecular weight excluding hydrogens is 534 g/mol. The number of carbonyl (C=O) groups is 1. The van der Waals surface area contributed by atoms with Gasteiger partial charge < -0.3 is 34.1 Å². The van der Waals surface area contributed by atoms with Crippen molar-refractivity contribution in [1.29, 1.82) is 0 Å². The maximum Gasteiger partial charge on any atom is 0.335 e. The second kappa shape index (κ2) is 9.64. The van der Waals surface area contributed by atoms with Gasteiger partial charge in [-0.2, -0.15) is 0 Å². The number of fused-ring (bicyclic) bond motifs is 4. The molecule has 0 radical (unpaired) electrons. The molecule has 1 saturated heterocycles. The average Bonchev–Trinajstić information content (AvgIpc) is 3.52. The van der Waals surface area contributed by atoms with E-state index in [1.807, 2.05) is 18.2 Å². The van der Waals surface area contributed by atoms with Crippen LogP contribution in [0.4, 0.5) is 0 Å². The number of likely N-dealkylation sites (tertiary alicyclic amines) is 1. The molecule has 2 aliphatic heterocycles. The topological polar surface area (TPSA) is 117 Å². The number of phenols is 1. The highest BCUT2D eigenvalue weighted by Crippen LogP contribution is 2.68. The molecule has 0 amide bonds. The fourth-order valence-corrected chi connectivity index (χ4v) is 8.29. The molecule has 1 unspecified atom stereocenters. The zero-order chi connectivity index (χ0) is 29.2. The lowest BCUT2D eigenvalue weighted by molar-refractivity contribution is -0.937. The summed E-state index contributed by atoms with van der Waals surface area (Å²) in [6, 6.07) is 18.0. The van der Waals surface area contributed by atoms with Crippen LogP contribution in [0.3, 0.4) is 0 Å². The molecule has 8 heteroatoms. The molecule has 5 atom stereocenters. The molecule has 4 aromatic rings. The van der Waals surface area contributed by atoms with Crippen LogP contribution in [-0.2, 0) is 23.0 Å². The number of ether oxygens (including phenoxy) is 2. The van der Waals surface area contributed by atoms with Gasteiger partial charge in [0.2, 0.25) is 0 Å². The number of hydrogen-bond donors (Lipinski definition) is 3. The smallest absolute Gasteiger partial charge is 0.335 e. The molecule has 4 aliphatic rings. The molecule has 0 saturated carbocycles. The Morgan fingerprint density at radius 2 is 1.98 bits per heavy atom. The Balaban J connectivity index is 0.000000247. The highest BCUT2D eigenvalue weighted by atomic mass is 16.5. The van der Waals surface area contributed by atoms with Gasteiger partial charge >= 0.3 is 5.97 Å². The molecule has 2 aliphatic carbocycles. The van der Waals surface area contributed by atoms with E-state index in [0.29, 0.717) is 12.4 Å². The van der Waals surface area contributed by atoms with Crippen LogP contribution in [0.25, 0.3) is 11.0 Å². The van der Waals surface area contributed by atoms with Crippen molar-refractivity contribution < 1.29 is 38.9 Å². The fraction of sp³-hybridized carbons (Fsp3) is 0.324. The fourth-order valence-electron chi connectivity index (χ4n) is 8.29. The Hall–Kier alpha value is -4.27. The lowest BCUT2D eigenvalue weighted by Crippen LogP contribution is -3.21. The summed E-state index contributed by atoms with van der Waals surface area (Å²) in [4.78, 5) is 11.8. The summed E-state index contributed by atoms with van der Waals surface area (Å²) in [5.41, 5.74) is 3.58. The molecular formula is C34H33NO7. The van der Waals surface area contributed by atoms with Gasteiger partial charge in [0, 0.05) is 42.4 Å². The van der Waals surface area contributed by atoms with Crippen LogP contribution in [0.5, 0.6) is 17.2 Å². The van der Waals surface area contributed by atoms with Gasteiger partial charge in [-0.05, 0) is 36.8 Å². The zero-order valence-corrected chi connectivity index (χ0v) is 23.4. The molecule has 8 nitrogen and oxygen atoms in total. The van der Waals surface area contributed by atoms with E-state index in [0.717, 1.165) is 54.6 Å². The molecule has 1 fully saturated rings. The molecule has 1 spiro atoms. The van der Waals surface area contributed by atoms with E-state index in [1.165, 1.54) is 40.3 Å². The summed E-state index contributed by atoms with van der Waals surface area (Å²) in [6.07, 6.45) is 4.38. The number of nitrogens with one attached hydrogen (secondary N) is 1. The van der Waals surface area contributed by atoms with E-state index in [9.17, 15) is 15.0 Å². The number of carboxylic acids is 1. The lowest BCUT2D eigenvalue weighted by atomic mass is 9.49. The molecule has 42 heavy (non-hydrogen) atoms. The molecule has 3 aromatic carbocycles. The van der Waals surface area contributed by atoms with Gasteiger partial charge in [0.1, 0.15) is 23.0 Å². The zero-order valence-electron chi connectivity index (χ0n) is 23.4. The summed E-state index contributed by atoms with van der Waals surface area (Å²) in [6.45, 7) is 8.73. The number of furan rings is 1. The van der Waals surface area contributed by atoms with Crippen LogP contribution in [0.15, 0.2) is 77.7 Å². The second-order valence-electron chi connectivity index (χ2n) is 11.6. The number of phenolic OH excluding ortho intramolecular Hbond substituents is 1. The third kappa shape index (κ3) is 3.45. The first-order valence-corrected chi connectivity index (χ1v) is 14.5. The number of carboxylic acid groups (broad SMARTS) is 1. The van der Waals surface area contributed by atoms with Crippen LogP contribution < -0.4 is 14.7 Å². The van der Waals surface area contributed by atoms with Gasteiger partial charge in [0.15, 0.2) is 17.6 Å². The predicted octanol–water partition coefficient (Wildman–Crippen LogP) is 3.70. The minimum absolute atomic E-state index is 0.178. The van der Waals surface area contributed by atoms with Crippen molar-refractivity contribution in [3.63, 3.8) is 0 Å². The maximum atomic E-state index is 10.8. The summed E-state index contributed by atoms with van der Waals surface area (Å²) in [5, 5.41) is 31.0. The summed E-state index contributed by atoms with van der Waals surface area (Å²) in [7, 11) is 0. The standard InChI is InChI=1S/C27H27NO4.C7H6O3/c1-3-12-28-13-11-26-22-16-9-10-19(29)24(22)32-25(26)23-18(17-7-5-6-8-20(17)31-23)15-27(26,30-4-2)21(28)14-16;8-6-4-2-1-3-5(6)7(9)10/h3,5-10,21,25,29H,1,4,11-15H2,2H3;1-4,8H,(H,9,10)/t21-,25+,26+,27-;/m1./s1. The number of hydrogen-bond acceptors (Lipinski definition) is 6. The predicted molar refractivity (Wildman–Crippen MR) is 153 cm³/mol. The first-order valence-electron chi connectivity index (χ1n) is 14.5. The van der Waals surface area contributed by atoms with Crippen molar-refractivity contribution in [1.82, 2.24) is 0 Å². The van der Waals surface area contributed by atoms with Crippen molar-refractivity contribution in [2.45, 2.75) is 49.3 Å². The van der Waals surface area contributed by atoms with E-state index in [2.05, 4.69) is 31.7 Å². The van der Waals surface area contributed by atoms with Gasteiger partial charge in [-0.1, -0.05) is 54.8 Å². The highest BCUT2D eigenvalue weighted by molar-refractivity contribution is 5.90. The average molecular weight is 568 g/mol. The molecule has 2 bridgehead atoms. The van der Waals surface area contributed by atoms with Gasteiger partial charge in [-0.25, -0.2) is 4.79 Å². The van der Waals surface area contributed by atoms with Crippen LogP contribution in [0, 0.1) is 0 Å².